The van der Waals surface area contributed by atoms with Crippen LogP contribution in [0, 0.1) is 0 Å². The van der Waals surface area contributed by atoms with E-state index in [1.54, 1.807) is 12.1 Å². The number of carbonyl (C=O) groups is 2. The van der Waals surface area contributed by atoms with E-state index in [0.717, 1.165) is 24.7 Å². The maximum atomic E-state index is 12.2. The zero-order valence-corrected chi connectivity index (χ0v) is 15.3. The van der Waals surface area contributed by atoms with Crippen LogP contribution in [0.3, 0.4) is 0 Å². The van der Waals surface area contributed by atoms with Crippen molar-refractivity contribution in [3.8, 4) is 0 Å². The Labute approximate surface area is 146 Å². The Morgan fingerprint density at radius 2 is 1.50 bits per heavy atom. The number of ketones is 1. The van der Waals surface area contributed by atoms with Gasteiger partial charge in [-0.25, -0.2) is 0 Å². The first-order valence-corrected chi connectivity index (χ1v) is 9.50. The lowest BCUT2D eigenvalue weighted by molar-refractivity contribution is -0.104. The first-order chi connectivity index (χ1) is 11.7. The smallest absolute Gasteiger partial charge is 0.198 e. The van der Waals surface area contributed by atoms with Gasteiger partial charge in [0.15, 0.2) is 11.5 Å². The summed E-state index contributed by atoms with van der Waals surface area (Å²) in [6.07, 6.45) is 14.7. The highest BCUT2D eigenvalue weighted by atomic mass is 16.3. The highest BCUT2D eigenvalue weighted by Crippen LogP contribution is 2.21. The van der Waals surface area contributed by atoms with Crippen molar-refractivity contribution in [3.05, 3.63) is 29.7 Å². The summed E-state index contributed by atoms with van der Waals surface area (Å²) in [5.41, 5.74) is 0.826. The third kappa shape index (κ3) is 7.76. The van der Waals surface area contributed by atoms with Gasteiger partial charge in [-0.05, 0) is 36.6 Å². The molecule has 1 rings (SSSR count). The standard InChI is InChI=1S/C21H32O3/c1-3-5-6-7-8-9-10-11-12-13-19(23)21-15-14-20(24-21)18(4-2)16-17-22/h14-17H,3-13H2,1-2H3/b18-16+. The third-order valence-corrected chi connectivity index (χ3v) is 4.35. The Hall–Kier alpha value is -1.64. The molecule has 1 heterocycles. The van der Waals surface area contributed by atoms with Crippen LogP contribution in [-0.2, 0) is 4.79 Å². The van der Waals surface area contributed by atoms with Crippen molar-refractivity contribution in [1.82, 2.24) is 0 Å². The minimum Gasteiger partial charge on any atom is -0.453 e. The zero-order valence-electron chi connectivity index (χ0n) is 15.3. The molecule has 0 aromatic carbocycles. The Morgan fingerprint density at radius 3 is 2.08 bits per heavy atom. The van der Waals surface area contributed by atoms with Gasteiger partial charge in [0, 0.05) is 6.42 Å². The fourth-order valence-electron chi connectivity index (χ4n) is 2.84. The van der Waals surface area contributed by atoms with Crippen molar-refractivity contribution in [3.63, 3.8) is 0 Å². The SMILES string of the molecule is CCCCCCCCCCCC(=O)c1ccc(/C(=C/C=O)CC)o1. The van der Waals surface area contributed by atoms with E-state index < -0.39 is 0 Å². The molecule has 24 heavy (non-hydrogen) atoms. The summed E-state index contributed by atoms with van der Waals surface area (Å²) < 4.78 is 5.61. The van der Waals surface area contributed by atoms with Gasteiger partial charge in [0.05, 0.1) is 0 Å². The molecule has 0 saturated carbocycles. The summed E-state index contributed by atoms with van der Waals surface area (Å²) in [4.78, 5) is 22.8. The number of aldehydes is 1. The maximum absolute atomic E-state index is 12.2. The highest BCUT2D eigenvalue weighted by molar-refractivity contribution is 5.94. The average molecular weight is 332 g/mol. The number of allylic oxidation sites excluding steroid dienone is 2. The minimum absolute atomic E-state index is 0.0609. The first-order valence-electron chi connectivity index (χ1n) is 9.50. The van der Waals surface area contributed by atoms with Gasteiger partial charge in [0.1, 0.15) is 12.0 Å². The minimum atomic E-state index is 0.0609. The molecule has 1 aromatic heterocycles. The zero-order chi connectivity index (χ0) is 17.6. The van der Waals surface area contributed by atoms with Gasteiger partial charge >= 0.3 is 0 Å². The number of rotatable bonds is 14. The molecule has 0 unspecified atom stereocenters. The van der Waals surface area contributed by atoms with E-state index in [-0.39, 0.29) is 5.78 Å². The molecule has 134 valence electrons. The summed E-state index contributed by atoms with van der Waals surface area (Å²) in [5, 5.41) is 0. The fraction of sp³-hybridized carbons (Fsp3) is 0.619. The Morgan fingerprint density at radius 1 is 0.917 bits per heavy atom. The van der Waals surface area contributed by atoms with Gasteiger partial charge in [-0.2, -0.15) is 0 Å². The molecule has 0 aliphatic rings. The van der Waals surface area contributed by atoms with E-state index in [2.05, 4.69) is 6.92 Å². The Bertz CT molecular complexity index is 511. The van der Waals surface area contributed by atoms with E-state index in [4.69, 9.17) is 4.42 Å². The molecule has 1 aromatic rings. The number of furan rings is 1. The van der Waals surface area contributed by atoms with E-state index >= 15 is 0 Å². The Kier molecular flexibility index (Phi) is 10.8. The van der Waals surface area contributed by atoms with E-state index in [1.165, 1.54) is 51.0 Å². The lowest BCUT2D eigenvalue weighted by atomic mass is 10.1. The molecule has 0 amide bonds. The van der Waals surface area contributed by atoms with Crippen LogP contribution in [-0.4, -0.2) is 12.1 Å². The molecule has 3 nitrogen and oxygen atoms in total. The van der Waals surface area contributed by atoms with Crippen molar-refractivity contribution in [2.75, 3.05) is 0 Å². The maximum Gasteiger partial charge on any atom is 0.198 e. The molecule has 3 heteroatoms. The van der Waals surface area contributed by atoms with Crippen molar-refractivity contribution in [2.45, 2.75) is 84.5 Å². The number of hydrogen-bond acceptors (Lipinski definition) is 3. The van der Waals surface area contributed by atoms with Crippen LogP contribution >= 0.6 is 0 Å². The second-order valence-electron chi connectivity index (χ2n) is 6.35. The highest BCUT2D eigenvalue weighted by Gasteiger charge is 2.12. The molecule has 0 aliphatic carbocycles. The molecular formula is C21H32O3. The van der Waals surface area contributed by atoms with Gasteiger partial charge in [0.25, 0.3) is 0 Å². The molecule has 0 spiro atoms. The van der Waals surface area contributed by atoms with Gasteiger partial charge in [-0.1, -0.05) is 65.2 Å². The topological polar surface area (TPSA) is 47.3 Å². The van der Waals surface area contributed by atoms with Crippen molar-refractivity contribution in [1.29, 1.82) is 0 Å². The van der Waals surface area contributed by atoms with Crippen LogP contribution in [0.25, 0.3) is 5.57 Å². The Balaban J connectivity index is 2.23. The summed E-state index contributed by atoms with van der Waals surface area (Å²) in [7, 11) is 0. The average Bonchev–Trinajstić information content (AvgIpc) is 3.08. The van der Waals surface area contributed by atoms with Gasteiger partial charge in [0.2, 0.25) is 0 Å². The number of carbonyl (C=O) groups excluding carboxylic acids is 2. The van der Waals surface area contributed by atoms with Gasteiger partial charge in [-0.3, -0.25) is 9.59 Å². The number of hydrogen-bond donors (Lipinski definition) is 0. The summed E-state index contributed by atoms with van der Waals surface area (Å²) in [6.45, 7) is 4.20. The second kappa shape index (κ2) is 12.7. The van der Waals surface area contributed by atoms with Crippen molar-refractivity contribution >= 4 is 17.6 Å². The van der Waals surface area contributed by atoms with Gasteiger partial charge in [-0.15, -0.1) is 0 Å². The van der Waals surface area contributed by atoms with Crippen LogP contribution in [0.15, 0.2) is 22.6 Å². The van der Waals surface area contributed by atoms with Gasteiger partial charge < -0.3 is 4.42 Å². The van der Waals surface area contributed by atoms with Crippen LogP contribution in [0.4, 0.5) is 0 Å². The van der Waals surface area contributed by atoms with Crippen molar-refractivity contribution in [2.24, 2.45) is 0 Å². The predicted octanol–water partition coefficient (Wildman–Crippen LogP) is 6.38. The normalized spacial score (nSPS) is 11.7. The molecule has 0 saturated heterocycles. The van der Waals surface area contributed by atoms with Crippen LogP contribution < -0.4 is 0 Å². The van der Waals surface area contributed by atoms with E-state index in [9.17, 15) is 9.59 Å². The fourth-order valence-corrected chi connectivity index (χ4v) is 2.84. The number of unbranched alkanes of at least 4 members (excludes halogenated alkanes) is 8. The lowest BCUT2D eigenvalue weighted by Gasteiger charge is -2.02. The lowest BCUT2D eigenvalue weighted by Crippen LogP contribution is -1.96. The van der Waals surface area contributed by atoms with E-state index in [0.29, 0.717) is 24.4 Å². The summed E-state index contributed by atoms with van der Waals surface area (Å²) in [5.74, 6) is 1.10. The predicted molar refractivity (Wildman–Crippen MR) is 99.2 cm³/mol. The largest absolute Gasteiger partial charge is 0.453 e. The van der Waals surface area contributed by atoms with E-state index in [1.807, 2.05) is 6.92 Å². The summed E-state index contributed by atoms with van der Waals surface area (Å²) >= 11 is 0. The summed E-state index contributed by atoms with van der Waals surface area (Å²) in [6, 6.07) is 3.50. The van der Waals surface area contributed by atoms with Crippen LogP contribution in [0.2, 0.25) is 0 Å². The van der Waals surface area contributed by atoms with Crippen molar-refractivity contribution < 1.29 is 14.0 Å². The quantitative estimate of drug-likeness (QED) is 0.172. The number of Topliss-reactive ketones (excluding diaryl/α,β-unsaturated/α-hetero) is 1. The third-order valence-electron chi connectivity index (χ3n) is 4.35. The molecule has 0 atom stereocenters. The molecule has 0 N–H and O–H groups in total. The van der Waals surface area contributed by atoms with Crippen LogP contribution in [0.1, 0.15) is 101 Å². The molecule has 0 bridgehead atoms. The molecule has 0 radical (unpaired) electrons. The molecule has 0 fully saturated rings. The first kappa shape index (κ1) is 20.4. The molecule has 0 aliphatic heterocycles. The second-order valence-corrected chi connectivity index (χ2v) is 6.35. The monoisotopic (exact) mass is 332 g/mol. The van der Waals surface area contributed by atoms with Crippen LogP contribution in [0.5, 0.6) is 0 Å². The molecular weight excluding hydrogens is 300 g/mol.